The van der Waals surface area contributed by atoms with Crippen LogP contribution in [0.25, 0.3) is 0 Å². The highest BCUT2D eigenvalue weighted by atomic mass is 127. The number of halogens is 1. The SMILES string of the molecule is CCNC(=NCc1ccc(NC(=O)NC(C)C)cc1)NCC(C)(O)c1ccsc1.I. The Bertz CT molecular complexity index is 792. The summed E-state index contributed by atoms with van der Waals surface area (Å²) in [6.45, 7) is 9.16. The Morgan fingerprint density at radius 2 is 1.90 bits per heavy atom. The van der Waals surface area contributed by atoms with Gasteiger partial charge in [-0.15, -0.1) is 24.0 Å². The molecule has 5 N–H and O–H groups in total. The zero-order valence-corrected chi connectivity index (χ0v) is 21.0. The van der Waals surface area contributed by atoms with E-state index < -0.39 is 5.60 Å². The van der Waals surface area contributed by atoms with Gasteiger partial charge in [0, 0.05) is 18.3 Å². The number of hydrogen-bond acceptors (Lipinski definition) is 4. The van der Waals surface area contributed by atoms with Crippen LogP contribution in [0, 0.1) is 0 Å². The molecule has 1 heterocycles. The van der Waals surface area contributed by atoms with Gasteiger partial charge in [-0.1, -0.05) is 12.1 Å². The number of carbonyl (C=O) groups excluding carboxylic acids is 1. The van der Waals surface area contributed by atoms with Gasteiger partial charge in [-0.25, -0.2) is 9.79 Å². The molecule has 0 aliphatic carbocycles. The first-order valence-corrected chi connectivity index (χ1v) is 10.7. The quantitative estimate of drug-likeness (QED) is 0.198. The molecule has 0 bridgehead atoms. The van der Waals surface area contributed by atoms with Crippen molar-refractivity contribution in [1.29, 1.82) is 0 Å². The Morgan fingerprint density at radius 1 is 1.20 bits per heavy atom. The third-order valence-corrected chi connectivity index (χ3v) is 4.82. The molecule has 2 rings (SSSR count). The van der Waals surface area contributed by atoms with Crippen molar-refractivity contribution < 1.29 is 9.90 Å². The van der Waals surface area contributed by atoms with Crippen molar-refractivity contribution in [1.82, 2.24) is 16.0 Å². The van der Waals surface area contributed by atoms with Crippen molar-refractivity contribution >= 4 is 53.0 Å². The molecule has 7 nitrogen and oxygen atoms in total. The van der Waals surface area contributed by atoms with E-state index in [-0.39, 0.29) is 36.0 Å². The van der Waals surface area contributed by atoms with E-state index in [1.165, 1.54) is 0 Å². The number of aliphatic imine (C=N–C) groups is 1. The average molecular weight is 545 g/mol. The Morgan fingerprint density at radius 3 is 2.47 bits per heavy atom. The molecule has 0 aliphatic rings. The van der Waals surface area contributed by atoms with E-state index in [4.69, 9.17) is 0 Å². The van der Waals surface area contributed by atoms with E-state index in [2.05, 4.69) is 26.3 Å². The van der Waals surface area contributed by atoms with Crippen LogP contribution in [0.5, 0.6) is 0 Å². The van der Waals surface area contributed by atoms with Crippen LogP contribution in [-0.2, 0) is 12.1 Å². The van der Waals surface area contributed by atoms with Gasteiger partial charge >= 0.3 is 6.03 Å². The number of rotatable bonds is 8. The molecule has 2 amide bonds. The molecule has 2 aromatic rings. The van der Waals surface area contributed by atoms with E-state index in [9.17, 15) is 9.90 Å². The average Bonchev–Trinajstić information content (AvgIpc) is 3.20. The topological polar surface area (TPSA) is 97.8 Å². The summed E-state index contributed by atoms with van der Waals surface area (Å²) in [4.78, 5) is 16.3. The second kappa shape index (κ2) is 12.8. The van der Waals surface area contributed by atoms with Crippen LogP contribution < -0.4 is 21.3 Å². The number of thiophene rings is 1. The molecule has 9 heteroatoms. The number of anilines is 1. The fourth-order valence-electron chi connectivity index (χ4n) is 2.56. The lowest BCUT2D eigenvalue weighted by molar-refractivity contribution is 0.0621. The number of urea groups is 1. The Kier molecular flexibility index (Phi) is 11.1. The summed E-state index contributed by atoms with van der Waals surface area (Å²) in [7, 11) is 0. The number of benzene rings is 1. The molecule has 0 saturated heterocycles. The van der Waals surface area contributed by atoms with Gasteiger partial charge in [0.05, 0.1) is 13.1 Å². The van der Waals surface area contributed by atoms with Gasteiger partial charge in [0.2, 0.25) is 0 Å². The van der Waals surface area contributed by atoms with Crippen molar-refractivity contribution in [2.75, 3.05) is 18.4 Å². The molecule has 1 unspecified atom stereocenters. The highest BCUT2D eigenvalue weighted by Gasteiger charge is 2.23. The number of hydrogen-bond donors (Lipinski definition) is 5. The maximum absolute atomic E-state index is 11.8. The zero-order chi connectivity index (χ0) is 21.3. The first-order chi connectivity index (χ1) is 13.8. The standard InChI is InChI=1S/C21H31N5O2S.HI/c1-5-22-19(24-14-21(4,28)17-10-11-29-13-17)23-12-16-6-8-18(9-7-16)26-20(27)25-15(2)3;/h6-11,13,15,28H,5,12,14H2,1-4H3,(H2,22,23,24)(H2,25,26,27);1H. The lowest BCUT2D eigenvalue weighted by atomic mass is 9.99. The van der Waals surface area contributed by atoms with E-state index >= 15 is 0 Å². The third-order valence-electron chi connectivity index (χ3n) is 4.14. The van der Waals surface area contributed by atoms with Crippen LogP contribution in [0.1, 0.15) is 38.8 Å². The maximum atomic E-state index is 11.8. The van der Waals surface area contributed by atoms with E-state index in [0.717, 1.165) is 23.4 Å². The zero-order valence-electron chi connectivity index (χ0n) is 17.9. The van der Waals surface area contributed by atoms with Crippen LogP contribution in [0.3, 0.4) is 0 Å². The monoisotopic (exact) mass is 545 g/mol. The van der Waals surface area contributed by atoms with Crippen molar-refractivity contribution in [2.45, 2.75) is 45.9 Å². The lowest BCUT2D eigenvalue weighted by Crippen LogP contribution is -2.44. The summed E-state index contributed by atoms with van der Waals surface area (Å²) in [5, 5.41) is 26.5. The van der Waals surface area contributed by atoms with Crippen molar-refractivity contribution in [3.63, 3.8) is 0 Å². The minimum absolute atomic E-state index is 0. The third kappa shape index (κ3) is 8.88. The Hall–Kier alpha value is -1.85. The molecule has 0 spiro atoms. The molecular weight excluding hydrogens is 513 g/mol. The summed E-state index contributed by atoms with van der Waals surface area (Å²) < 4.78 is 0. The van der Waals surface area contributed by atoms with Crippen LogP contribution >= 0.6 is 35.3 Å². The second-order valence-electron chi connectivity index (χ2n) is 7.28. The van der Waals surface area contributed by atoms with Crippen molar-refractivity contribution in [3.05, 3.63) is 52.2 Å². The summed E-state index contributed by atoms with van der Waals surface area (Å²) >= 11 is 1.56. The molecule has 0 saturated carbocycles. The number of nitrogens with zero attached hydrogens (tertiary/aromatic N) is 1. The fraction of sp³-hybridized carbons (Fsp3) is 0.429. The van der Waals surface area contributed by atoms with Gasteiger partial charge in [0.25, 0.3) is 0 Å². The van der Waals surface area contributed by atoms with Gasteiger partial charge in [-0.2, -0.15) is 11.3 Å². The smallest absolute Gasteiger partial charge is 0.319 e. The normalized spacial score (nSPS) is 13.2. The first kappa shape index (κ1) is 26.2. The molecule has 1 atom stereocenters. The van der Waals surface area contributed by atoms with Crippen LogP contribution in [0.15, 0.2) is 46.1 Å². The summed E-state index contributed by atoms with van der Waals surface area (Å²) in [5.74, 6) is 0.640. The van der Waals surface area contributed by atoms with Crippen LogP contribution in [0.4, 0.5) is 10.5 Å². The Balaban J connectivity index is 0.00000450. The molecule has 1 aromatic heterocycles. The highest BCUT2D eigenvalue weighted by molar-refractivity contribution is 14.0. The molecule has 0 radical (unpaired) electrons. The molecule has 1 aromatic carbocycles. The number of carbonyl (C=O) groups is 1. The summed E-state index contributed by atoms with van der Waals surface area (Å²) in [5.41, 5.74) is 1.66. The Labute approximate surface area is 199 Å². The molecule has 166 valence electrons. The fourth-order valence-corrected chi connectivity index (χ4v) is 3.35. The van der Waals surface area contributed by atoms with E-state index in [1.807, 2.05) is 61.9 Å². The summed E-state index contributed by atoms with van der Waals surface area (Å²) in [6.07, 6.45) is 0. The van der Waals surface area contributed by atoms with Gasteiger partial charge in [-0.3, -0.25) is 0 Å². The minimum atomic E-state index is -0.972. The minimum Gasteiger partial charge on any atom is -0.384 e. The van der Waals surface area contributed by atoms with Crippen molar-refractivity contribution in [2.24, 2.45) is 4.99 Å². The van der Waals surface area contributed by atoms with Gasteiger partial charge in [-0.05, 0) is 67.8 Å². The number of nitrogens with one attached hydrogen (secondary N) is 4. The molecule has 0 aliphatic heterocycles. The molecule has 0 fully saturated rings. The van der Waals surface area contributed by atoms with Crippen LogP contribution in [0.2, 0.25) is 0 Å². The van der Waals surface area contributed by atoms with Gasteiger partial charge in [0.1, 0.15) is 5.60 Å². The lowest BCUT2D eigenvalue weighted by Gasteiger charge is -2.24. The van der Waals surface area contributed by atoms with Crippen molar-refractivity contribution in [3.8, 4) is 0 Å². The van der Waals surface area contributed by atoms with E-state index in [0.29, 0.717) is 19.0 Å². The largest absolute Gasteiger partial charge is 0.384 e. The number of guanidine groups is 1. The van der Waals surface area contributed by atoms with Gasteiger partial charge < -0.3 is 26.4 Å². The summed E-state index contributed by atoms with van der Waals surface area (Å²) in [6, 6.07) is 9.36. The number of amides is 2. The second-order valence-corrected chi connectivity index (χ2v) is 8.06. The van der Waals surface area contributed by atoms with E-state index in [1.54, 1.807) is 18.3 Å². The molecule has 30 heavy (non-hydrogen) atoms. The molecular formula is C21H32IN5O2S. The highest BCUT2D eigenvalue weighted by Crippen LogP contribution is 2.22. The number of aliphatic hydroxyl groups is 1. The first-order valence-electron chi connectivity index (χ1n) is 9.74. The van der Waals surface area contributed by atoms with Crippen LogP contribution in [-0.4, -0.2) is 36.2 Å². The maximum Gasteiger partial charge on any atom is 0.319 e. The predicted octanol–water partition coefficient (Wildman–Crippen LogP) is 3.86. The van der Waals surface area contributed by atoms with Gasteiger partial charge in [0.15, 0.2) is 5.96 Å². The predicted molar refractivity (Wildman–Crippen MR) is 136 cm³/mol.